The van der Waals surface area contributed by atoms with Gasteiger partial charge in [0.1, 0.15) is 0 Å². The molecule has 1 aliphatic rings. The van der Waals surface area contributed by atoms with Crippen LogP contribution in [-0.2, 0) is 4.74 Å². The second-order valence-electron chi connectivity index (χ2n) is 4.86. The van der Waals surface area contributed by atoms with E-state index in [4.69, 9.17) is 9.47 Å². The predicted molar refractivity (Wildman–Crippen MR) is 78.8 cm³/mol. The predicted octanol–water partition coefficient (Wildman–Crippen LogP) is 0.288. The molecule has 0 amide bonds. The summed E-state index contributed by atoms with van der Waals surface area (Å²) >= 11 is 0. The molecule has 1 aliphatic heterocycles. The van der Waals surface area contributed by atoms with Crippen LogP contribution in [0.4, 0.5) is 11.9 Å². The van der Waals surface area contributed by atoms with E-state index in [0.29, 0.717) is 44.1 Å². The molecule has 1 saturated heterocycles. The smallest absolute Gasteiger partial charge is 0.323 e. The first kappa shape index (κ1) is 15.7. The van der Waals surface area contributed by atoms with Crippen LogP contribution < -0.4 is 15.0 Å². The van der Waals surface area contributed by atoms with E-state index in [1.165, 1.54) is 0 Å². The van der Waals surface area contributed by atoms with Gasteiger partial charge in [0.25, 0.3) is 0 Å². The third-order valence-corrected chi connectivity index (χ3v) is 3.02. The summed E-state index contributed by atoms with van der Waals surface area (Å²) in [5, 5.41) is 12.4. The number of aliphatic hydroxyl groups is 1. The maximum atomic E-state index is 9.31. The van der Waals surface area contributed by atoms with Gasteiger partial charge in [0.15, 0.2) is 0 Å². The molecule has 2 atom stereocenters. The number of ether oxygens (including phenoxy) is 2. The summed E-state index contributed by atoms with van der Waals surface area (Å²) in [6, 6.07) is 0.304. The Labute approximate surface area is 124 Å². The van der Waals surface area contributed by atoms with E-state index in [1.54, 1.807) is 0 Å². The van der Waals surface area contributed by atoms with Gasteiger partial charge in [-0.2, -0.15) is 15.0 Å². The molecule has 1 fully saturated rings. The Morgan fingerprint density at radius 1 is 1.33 bits per heavy atom. The lowest BCUT2D eigenvalue weighted by atomic mass is 10.2. The monoisotopic (exact) mass is 297 g/mol. The Balaban J connectivity index is 2.23. The zero-order valence-electron chi connectivity index (χ0n) is 12.7. The normalized spacial score (nSPS) is 22.2. The van der Waals surface area contributed by atoms with Gasteiger partial charge in [-0.05, 0) is 20.8 Å². The van der Waals surface area contributed by atoms with E-state index in [0.717, 1.165) is 0 Å². The summed E-state index contributed by atoms with van der Waals surface area (Å²) in [7, 11) is 0. The largest absolute Gasteiger partial charge is 0.464 e. The SMILES string of the molecule is CCNc1nc(OCC)nc(N2CC(C)OC(CO)C2)n1. The number of nitrogens with zero attached hydrogens (tertiary/aromatic N) is 4. The van der Waals surface area contributed by atoms with Crippen LogP contribution in [-0.4, -0.2) is 65.1 Å². The number of hydrogen-bond acceptors (Lipinski definition) is 8. The van der Waals surface area contributed by atoms with Gasteiger partial charge < -0.3 is 24.8 Å². The lowest BCUT2D eigenvalue weighted by Gasteiger charge is -2.36. The minimum Gasteiger partial charge on any atom is -0.464 e. The van der Waals surface area contributed by atoms with Gasteiger partial charge in [0.2, 0.25) is 11.9 Å². The molecule has 118 valence electrons. The van der Waals surface area contributed by atoms with Crippen molar-refractivity contribution in [2.75, 3.05) is 43.1 Å². The highest BCUT2D eigenvalue weighted by atomic mass is 16.5. The molecule has 0 spiro atoms. The number of rotatable bonds is 6. The van der Waals surface area contributed by atoms with Gasteiger partial charge in [-0.15, -0.1) is 0 Å². The number of morpholine rings is 1. The summed E-state index contributed by atoms with van der Waals surface area (Å²) in [6.45, 7) is 8.22. The Hall–Kier alpha value is -1.67. The van der Waals surface area contributed by atoms with Crippen LogP contribution in [0.1, 0.15) is 20.8 Å². The van der Waals surface area contributed by atoms with Crippen molar-refractivity contribution in [3.8, 4) is 6.01 Å². The minimum absolute atomic E-state index is 0.00536. The Morgan fingerprint density at radius 2 is 2.14 bits per heavy atom. The number of aromatic nitrogens is 3. The fourth-order valence-corrected chi connectivity index (χ4v) is 2.23. The van der Waals surface area contributed by atoms with Crippen LogP contribution in [0.5, 0.6) is 6.01 Å². The Morgan fingerprint density at radius 3 is 2.81 bits per heavy atom. The van der Waals surface area contributed by atoms with Crippen molar-refractivity contribution < 1.29 is 14.6 Å². The van der Waals surface area contributed by atoms with Crippen molar-refractivity contribution >= 4 is 11.9 Å². The molecule has 0 aliphatic carbocycles. The van der Waals surface area contributed by atoms with E-state index in [9.17, 15) is 5.11 Å². The molecule has 1 aromatic heterocycles. The minimum atomic E-state index is -0.233. The van der Waals surface area contributed by atoms with Gasteiger partial charge in [-0.1, -0.05) is 0 Å². The van der Waals surface area contributed by atoms with Crippen LogP contribution in [0.3, 0.4) is 0 Å². The number of hydrogen-bond donors (Lipinski definition) is 2. The maximum absolute atomic E-state index is 9.31. The molecule has 1 aromatic rings. The highest BCUT2D eigenvalue weighted by molar-refractivity contribution is 5.39. The average molecular weight is 297 g/mol. The van der Waals surface area contributed by atoms with Gasteiger partial charge in [-0.3, -0.25) is 0 Å². The average Bonchev–Trinajstić information content (AvgIpc) is 2.47. The van der Waals surface area contributed by atoms with Crippen molar-refractivity contribution in [2.24, 2.45) is 0 Å². The van der Waals surface area contributed by atoms with Crippen LogP contribution >= 0.6 is 0 Å². The van der Waals surface area contributed by atoms with Crippen molar-refractivity contribution in [1.29, 1.82) is 0 Å². The first-order valence-corrected chi connectivity index (χ1v) is 7.30. The second kappa shape index (κ2) is 7.37. The van der Waals surface area contributed by atoms with Crippen molar-refractivity contribution in [3.63, 3.8) is 0 Å². The number of aliphatic hydroxyl groups excluding tert-OH is 1. The molecule has 2 unspecified atom stereocenters. The Bertz CT molecular complexity index is 435. The van der Waals surface area contributed by atoms with Crippen molar-refractivity contribution in [1.82, 2.24) is 15.0 Å². The maximum Gasteiger partial charge on any atom is 0.323 e. The van der Waals surface area contributed by atoms with Crippen molar-refractivity contribution in [3.05, 3.63) is 0 Å². The van der Waals surface area contributed by atoms with Crippen LogP contribution in [0.2, 0.25) is 0 Å². The molecule has 2 heterocycles. The fraction of sp³-hybridized carbons (Fsp3) is 0.769. The van der Waals surface area contributed by atoms with E-state index >= 15 is 0 Å². The number of anilines is 2. The van der Waals surface area contributed by atoms with E-state index in [-0.39, 0.29) is 18.8 Å². The van der Waals surface area contributed by atoms with Gasteiger partial charge in [-0.25, -0.2) is 0 Å². The van der Waals surface area contributed by atoms with Gasteiger partial charge in [0, 0.05) is 19.6 Å². The van der Waals surface area contributed by atoms with Gasteiger partial charge in [0.05, 0.1) is 25.4 Å². The molecule has 2 rings (SSSR count). The standard InChI is InChI=1S/C13H23N5O3/c1-4-14-11-15-12(17-13(16-11)20-5-2)18-6-9(3)21-10(7-18)8-19/h9-10,19H,4-8H2,1-3H3,(H,14,15,16,17). The van der Waals surface area contributed by atoms with Gasteiger partial charge >= 0.3 is 6.01 Å². The van der Waals surface area contributed by atoms with E-state index in [2.05, 4.69) is 20.3 Å². The van der Waals surface area contributed by atoms with Crippen LogP contribution in [0.15, 0.2) is 0 Å². The lowest BCUT2D eigenvalue weighted by molar-refractivity contribution is -0.0425. The summed E-state index contributed by atoms with van der Waals surface area (Å²) in [4.78, 5) is 14.9. The summed E-state index contributed by atoms with van der Waals surface area (Å²) in [6.07, 6.45) is -0.227. The van der Waals surface area contributed by atoms with Crippen LogP contribution in [0.25, 0.3) is 0 Å². The summed E-state index contributed by atoms with van der Waals surface area (Å²) < 4.78 is 11.0. The highest BCUT2D eigenvalue weighted by Gasteiger charge is 2.27. The second-order valence-corrected chi connectivity index (χ2v) is 4.86. The third kappa shape index (κ3) is 4.15. The van der Waals surface area contributed by atoms with Crippen LogP contribution in [0, 0.1) is 0 Å². The molecular formula is C13H23N5O3. The topological polar surface area (TPSA) is 92.6 Å². The summed E-state index contributed by atoms with van der Waals surface area (Å²) in [5.74, 6) is 1.03. The summed E-state index contributed by atoms with van der Waals surface area (Å²) in [5.41, 5.74) is 0. The molecule has 2 N–H and O–H groups in total. The zero-order valence-corrected chi connectivity index (χ0v) is 12.7. The zero-order chi connectivity index (χ0) is 15.2. The number of nitrogens with one attached hydrogen (secondary N) is 1. The first-order chi connectivity index (χ1) is 10.2. The molecule has 0 aromatic carbocycles. The molecule has 8 nitrogen and oxygen atoms in total. The molecule has 8 heteroatoms. The fourth-order valence-electron chi connectivity index (χ4n) is 2.23. The Kier molecular flexibility index (Phi) is 5.51. The van der Waals surface area contributed by atoms with E-state index in [1.807, 2.05) is 25.7 Å². The third-order valence-electron chi connectivity index (χ3n) is 3.02. The van der Waals surface area contributed by atoms with E-state index < -0.39 is 0 Å². The lowest BCUT2D eigenvalue weighted by Crippen LogP contribution is -2.48. The molecular weight excluding hydrogens is 274 g/mol. The van der Waals surface area contributed by atoms with Crippen molar-refractivity contribution in [2.45, 2.75) is 33.0 Å². The molecule has 0 saturated carbocycles. The molecule has 0 bridgehead atoms. The quantitative estimate of drug-likeness (QED) is 0.774. The highest BCUT2D eigenvalue weighted by Crippen LogP contribution is 2.20. The molecule has 21 heavy (non-hydrogen) atoms. The molecule has 0 radical (unpaired) electrons. The first-order valence-electron chi connectivity index (χ1n) is 7.30.